The molecule has 3 aliphatic rings. The van der Waals surface area contributed by atoms with E-state index in [1.165, 1.54) is 6.92 Å². The van der Waals surface area contributed by atoms with Gasteiger partial charge in [0.15, 0.2) is 0 Å². The summed E-state index contributed by atoms with van der Waals surface area (Å²) in [6.45, 7) is 10.3. The van der Waals surface area contributed by atoms with Crippen LogP contribution in [0.3, 0.4) is 0 Å². The molecule has 1 aliphatic carbocycles. The zero-order valence-electron chi connectivity index (χ0n) is 14.0. The smallest absolute Gasteiger partial charge is 0.302 e. The Balaban J connectivity index is 2.10. The second kappa shape index (κ2) is 4.86. The largest absolute Gasteiger partial charge is 0.462 e. The zero-order chi connectivity index (χ0) is 16.6. The van der Waals surface area contributed by atoms with Crippen molar-refractivity contribution in [1.29, 1.82) is 0 Å². The molecule has 6 atom stereocenters. The van der Waals surface area contributed by atoms with E-state index in [1.54, 1.807) is 0 Å². The quantitative estimate of drug-likeness (QED) is 0.488. The van der Waals surface area contributed by atoms with Crippen molar-refractivity contribution in [2.75, 3.05) is 0 Å². The first kappa shape index (κ1) is 17.0. The lowest BCUT2D eigenvalue weighted by atomic mass is 9.46. The van der Waals surface area contributed by atoms with Gasteiger partial charge in [0, 0.05) is 29.0 Å². The molecule has 3 nitrogen and oxygen atoms in total. The molecule has 3 rings (SSSR count). The molecule has 1 spiro atoms. The number of halogens is 2. The van der Waals surface area contributed by atoms with Crippen molar-refractivity contribution < 1.29 is 14.3 Å². The highest BCUT2D eigenvalue weighted by Gasteiger charge is 2.76. The van der Waals surface area contributed by atoms with E-state index in [4.69, 9.17) is 21.1 Å². The van der Waals surface area contributed by atoms with Gasteiger partial charge in [-0.2, -0.15) is 0 Å². The molecule has 22 heavy (non-hydrogen) atoms. The van der Waals surface area contributed by atoms with Crippen molar-refractivity contribution >= 4 is 33.5 Å². The van der Waals surface area contributed by atoms with Crippen molar-refractivity contribution in [2.45, 2.75) is 87.8 Å². The van der Waals surface area contributed by atoms with Crippen LogP contribution in [0, 0.1) is 10.8 Å². The fourth-order valence-corrected chi connectivity index (χ4v) is 6.43. The number of esters is 1. The molecule has 0 radical (unpaired) electrons. The number of carbonyl (C=O) groups excluding carboxylic acids is 1. The Morgan fingerprint density at radius 1 is 1.27 bits per heavy atom. The summed E-state index contributed by atoms with van der Waals surface area (Å²) in [7, 11) is 0. The number of hydrogen-bond donors (Lipinski definition) is 0. The van der Waals surface area contributed by atoms with Gasteiger partial charge in [0.2, 0.25) is 0 Å². The van der Waals surface area contributed by atoms with Gasteiger partial charge in [-0.15, -0.1) is 11.6 Å². The molecule has 2 heterocycles. The first-order valence-corrected chi connectivity index (χ1v) is 9.44. The zero-order valence-corrected chi connectivity index (χ0v) is 16.4. The van der Waals surface area contributed by atoms with Gasteiger partial charge >= 0.3 is 5.97 Å². The summed E-state index contributed by atoms with van der Waals surface area (Å²) in [5.41, 5.74) is -0.489. The molecule has 0 aromatic heterocycles. The van der Waals surface area contributed by atoms with Gasteiger partial charge in [-0.25, -0.2) is 0 Å². The van der Waals surface area contributed by atoms with Crippen molar-refractivity contribution in [2.24, 2.45) is 10.8 Å². The first-order chi connectivity index (χ1) is 9.96. The predicted molar refractivity (Wildman–Crippen MR) is 90.5 cm³/mol. The third-order valence-corrected chi connectivity index (χ3v) is 8.80. The summed E-state index contributed by atoms with van der Waals surface area (Å²) < 4.78 is 12.3. The van der Waals surface area contributed by atoms with Gasteiger partial charge in [-0.3, -0.25) is 4.79 Å². The number of ether oxygens (including phenoxy) is 2. The molecule has 2 saturated heterocycles. The van der Waals surface area contributed by atoms with Crippen molar-refractivity contribution in [3.8, 4) is 0 Å². The SMILES string of the molecule is CC(=O)O[C@@H]1C[C@@](C)(Cl)[C@H](Br)C[C@]12C1(C)CCC(O1)C2(C)C. The van der Waals surface area contributed by atoms with Crippen LogP contribution < -0.4 is 0 Å². The summed E-state index contributed by atoms with van der Waals surface area (Å²) in [6.07, 6.45) is 3.66. The lowest BCUT2D eigenvalue weighted by molar-refractivity contribution is -0.184. The summed E-state index contributed by atoms with van der Waals surface area (Å²) >= 11 is 10.5. The van der Waals surface area contributed by atoms with Crippen LogP contribution in [-0.2, 0) is 14.3 Å². The van der Waals surface area contributed by atoms with Gasteiger partial charge in [0.25, 0.3) is 0 Å². The topological polar surface area (TPSA) is 35.5 Å². The fraction of sp³-hybridized carbons (Fsp3) is 0.941. The van der Waals surface area contributed by atoms with Crippen molar-refractivity contribution in [3.63, 3.8) is 0 Å². The monoisotopic (exact) mass is 392 g/mol. The third kappa shape index (κ3) is 1.99. The molecule has 2 aliphatic heterocycles. The van der Waals surface area contributed by atoms with E-state index >= 15 is 0 Å². The average Bonchev–Trinajstić information content (AvgIpc) is 2.81. The van der Waals surface area contributed by atoms with Crippen molar-refractivity contribution in [3.05, 3.63) is 0 Å². The average molecular weight is 394 g/mol. The van der Waals surface area contributed by atoms with Crippen molar-refractivity contribution in [1.82, 2.24) is 0 Å². The van der Waals surface area contributed by atoms with E-state index in [1.807, 2.05) is 6.92 Å². The Hall–Kier alpha value is 0.200. The summed E-state index contributed by atoms with van der Waals surface area (Å²) in [4.78, 5) is 11.5. The Labute approximate surface area is 146 Å². The fourth-order valence-electron chi connectivity index (χ4n) is 5.51. The standard InChI is InChI=1S/C17H26BrClO3/c1-10(20)21-13-9-15(4,19)11(18)8-17(13)14(2,3)12-6-7-16(17,5)22-12/h11-13H,6-9H2,1-5H3/t11-,12?,13-,15-,16?,17+/m1/s1. The molecular formula is C17H26BrClO3. The maximum Gasteiger partial charge on any atom is 0.302 e. The third-order valence-electron chi connectivity index (χ3n) is 6.78. The van der Waals surface area contributed by atoms with E-state index in [0.717, 1.165) is 19.3 Å². The van der Waals surface area contributed by atoms with Crippen LogP contribution in [0.15, 0.2) is 0 Å². The molecule has 126 valence electrons. The van der Waals surface area contributed by atoms with Crippen LogP contribution in [0.5, 0.6) is 0 Å². The molecule has 0 aromatic carbocycles. The summed E-state index contributed by atoms with van der Waals surface area (Å²) in [5.74, 6) is -0.230. The van der Waals surface area contributed by atoms with E-state index in [-0.39, 0.29) is 39.4 Å². The Morgan fingerprint density at radius 3 is 2.41 bits per heavy atom. The maximum absolute atomic E-state index is 11.7. The molecule has 0 N–H and O–H groups in total. The molecule has 2 unspecified atom stereocenters. The lowest BCUT2D eigenvalue weighted by Gasteiger charge is -2.60. The highest BCUT2D eigenvalue weighted by Crippen LogP contribution is 2.72. The second-order valence-corrected chi connectivity index (χ2v) is 10.3. The number of alkyl halides is 2. The van der Waals surface area contributed by atoms with Crippen LogP contribution >= 0.6 is 27.5 Å². The molecule has 2 bridgehead atoms. The number of hydrogen-bond acceptors (Lipinski definition) is 3. The van der Waals surface area contributed by atoms with Gasteiger partial charge in [-0.05, 0) is 33.1 Å². The highest BCUT2D eigenvalue weighted by atomic mass is 79.9. The van der Waals surface area contributed by atoms with E-state index in [0.29, 0.717) is 6.42 Å². The van der Waals surface area contributed by atoms with Gasteiger partial charge in [0.1, 0.15) is 6.10 Å². The number of carbonyl (C=O) groups is 1. The van der Waals surface area contributed by atoms with Crippen LogP contribution in [0.1, 0.15) is 60.3 Å². The molecule has 0 amide bonds. The Bertz CT molecular complexity index is 499. The predicted octanol–water partition coefficient (Wildman–Crippen LogP) is 4.44. The maximum atomic E-state index is 11.7. The summed E-state index contributed by atoms with van der Waals surface area (Å²) in [6, 6.07) is 0. The molecule has 3 fully saturated rings. The normalized spacial score (nSPS) is 53.0. The second-order valence-electron chi connectivity index (χ2n) is 8.32. The summed E-state index contributed by atoms with van der Waals surface area (Å²) in [5, 5.41) is 0. The first-order valence-electron chi connectivity index (χ1n) is 8.14. The molecule has 0 aromatic rings. The van der Waals surface area contributed by atoms with Crippen LogP contribution in [0.25, 0.3) is 0 Å². The van der Waals surface area contributed by atoms with E-state index < -0.39 is 4.87 Å². The van der Waals surface area contributed by atoms with Crippen LogP contribution in [0.4, 0.5) is 0 Å². The van der Waals surface area contributed by atoms with Gasteiger partial charge < -0.3 is 9.47 Å². The van der Waals surface area contributed by atoms with E-state index in [9.17, 15) is 4.79 Å². The minimum absolute atomic E-state index is 0.0421. The lowest BCUT2D eigenvalue weighted by Crippen LogP contribution is -2.65. The van der Waals surface area contributed by atoms with Gasteiger partial charge in [-0.1, -0.05) is 29.8 Å². The molecule has 1 saturated carbocycles. The highest BCUT2D eigenvalue weighted by molar-refractivity contribution is 9.09. The van der Waals surface area contributed by atoms with Crippen LogP contribution in [-0.4, -0.2) is 33.5 Å². The van der Waals surface area contributed by atoms with Crippen LogP contribution in [0.2, 0.25) is 0 Å². The number of rotatable bonds is 1. The van der Waals surface area contributed by atoms with E-state index in [2.05, 4.69) is 36.7 Å². The Morgan fingerprint density at radius 2 is 1.91 bits per heavy atom. The van der Waals surface area contributed by atoms with Gasteiger partial charge in [0.05, 0.1) is 16.6 Å². The molecular weight excluding hydrogens is 368 g/mol. The Kier molecular flexibility index (Phi) is 3.76. The minimum Gasteiger partial charge on any atom is -0.462 e. The molecule has 5 heteroatoms. The number of fused-ring (bicyclic) bond motifs is 3. The minimum atomic E-state index is -0.417.